The Labute approximate surface area is 91.8 Å². The molecular formula is C11H21N3O. The smallest absolute Gasteiger partial charge is 0.236 e. The maximum atomic E-state index is 10.5. The van der Waals surface area contributed by atoms with Crippen LogP contribution in [-0.2, 0) is 4.79 Å². The second-order valence-corrected chi connectivity index (χ2v) is 3.28. The summed E-state index contributed by atoms with van der Waals surface area (Å²) in [7, 11) is 1.99. The highest BCUT2D eigenvalue weighted by Crippen LogP contribution is 2.08. The highest BCUT2D eigenvalue weighted by molar-refractivity contribution is 5.76. The van der Waals surface area contributed by atoms with Gasteiger partial charge in [0, 0.05) is 18.9 Å². The zero-order chi connectivity index (χ0) is 11.8. The van der Waals surface area contributed by atoms with Crippen molar-refractivity contribution < 1.29 is 4.79 Å². The van der Waals surface area contributed by atoms with E-state index in [1.165, 1.54) is 5.57 Å². The Bertz CT molecular complexity index is 269. The van der Waals surface area contributed by atoms with E-state index in [0.29, 0.717) is 0 Å². The van der Waals surface area contributed by atoms with E-state index in [0.717, 1.165) is 12.2 Å². The molecule has 1 heterocycles. The lowest BCUT2D eigenvalue weighted by atomic mass is 10.2. The van der Waals surface area contributed by atoms with Gasteiger partial charge in [-0.05, 0) is 18.6 Å². The van der Waals surface area contributed by atoms with Crippen LogP contribution < -0.4 is 11.1 Å². The average molecular weight is 211 g/mol. The van der Waals surface area contributed by atoms with Gasteiger partial charge in [-0.2, -0.15) is 0 Å². The fourth-order valence-electron chi connectivity index (χ4n) is 1.33. The van der Waals surface area contributed by atoms with Crippen molar-refractivity contribution in [2.24, 2.45) is 5.73 Å². The molecule has 3 N–H and O–H groups in total. The van der Waals surface area contributed by atoms with Gasteiger partial charge in [-0.25, -0.2) is 0 Å². The Hall–Kier alpha value is -1.45. The molecule has 0 radical (unpaired) electrons. The lowest BCUT2D eigenvalue weighted by molar-refractivity contribution is -0.117. The number of primary amides is 1. The zero-order valence-electron chi connectivity index (χ0n) is 10.0. The van der Waals surface area contributed by atoms with Gasteiger partial charge >= 0.3 is 0 Å². The SMILES string of the molecule is CC.CC1=CN(C)CC(NCC(N)=O)=C1. The molecule has 0 spiro atoms. The zero-order valence-corrected chi connectivity index (χ0v) is 10.0. The van der Waals surface area contributed by atoms with E-state index in [4.69, 9.17) is 5.73 Å². The summed E-state index contributed by atoms with van der Waals surface area (Å²) in [5.74, 6) is -0.337. The van der Waals surface area contributed by atoms with Crippen molar-refractivity contribution in [2.45, 2.75) is 20.8 Å². The van der Waals surface area contributed by atoms with Gasteiger partial charge in [-0.1, -0.05) is 13.8 Å². The molecule has 4 nitrogen and oxygen atoms in total. The van der Waals surface area contributed by atoms with Crippen LogP contribution in [0, 0.1) is 0 Å². The number of allylic oxidation sites excluding steroid dienone is 2. The van der Waals surface area contributed by atoms with Crippen LogP contribution in [0.5, 0.6) is 0 Å². The summed E-state index contributed by atoms with van der Waals surface area (Å²) in [4.78, 5) is 12.6. The Morgan fingerprint density at radius 3 is 2.67 bits per heavy atom. The molecule has 0 aromatic carbocycles. The van der Waals surface area contributed by atoms with Crippen molar-refractivity contribution in [1.29, 1.82) is 0 Å². The van der Waals surface area contributed by atoms with Gasteiger partial charge in [-0.3, -0.25) is 4.79 Å². The summed E-state index contributed by atoms with van der Waals surface area (Å²) < 4.78 is 0. The molecule has 0 unspecified atom stereocenters. The van der Waals surface area contributed by atoms with Crippen LogP contribution in [0.3, 0.4) is 0 Å². The number of rotatable bonds is 3. The quantitative estimate of drug-likeness (QED) is 0.726. The molecule has 0 saturated carbocycles. The van der Waals surface area contributed by atoms with Crippen LogP contribution in [0.15, 0.2) is 23.5 Å². The Balaban J connectivity index is 0.000000921. The Morgan fingerprint density at radius 1 is 1.60 bits per heavy atom. The standard InChI is InChI=1S/C9H15N3O.C2H6/c1-7-3-8(6-12(2)5-7)11-4-9(10)13;1-2/h3,5,11H,4,6H2,1-2H3,(H2,10,13);1-2H3. The largest absolute Gasteiger partial charge is 0.378 e. The molecule has 0 atom stereocenters. The first kappa shape index (κ1) is 13.5. The van der Waals surface area contributed by atoms with Crippen LogP contribution >= 0.6 is 0 Å². The van der Waals surface area contributed by atoms with Crippen LogP contribution in [0.25, 0.3) is 0 Å². The van der Waals surface area contributed by atoms with E-state index in [1.54, 1.807) is 0 Å². The summed E-state index contributed by atoms with van der Waals surface area (Å²) in [6.07, 6.45) is 4.07. The molecule has 86 valence electrons. The number of nitrogens with one attached hydrogen (secondary N) is 1. The molecule has 0 bridgehead atoms. The third-order valence-corrected chi connectivity index (χ3v) is 1.74. The van der Waals surface area contributed by atoms with Gasteiger partial charge in [0.15, 0.2) is 0 Å². The number of nitrogens with two attached hydrogens (primary N) is 1. The molecule has 4 heteroatoms. The predicted octanol–water partition coefficient (Wildman–Crippen LogP) is 0.821. The molecule has 0 aromatic rings. The summed E-state index contributed by atoms with van der Waals surface area (Å²) in [5.41, 5.74) is 7.22. The highest BCUT2D eigenvalue weighted by Gasteiger charge is 2.06. The number of hydrogen-bond donors (Lipinski definition) is 2. The van der Waals surface area contributed by atoms with Gasteiger partial charge in [0.2, 0.25) is 5.91 Å². The molecule has 0 aromatic heterocycles. The minimum atomic E-state index is -0.337. The topological polar surface area (TPSA) is 58.4 Å². The molecule has 0 fully saturated rings. The van der Waals surface area contributed by atoms with E-state index in [2.05, 4.69) is 16.4 Å². The minimum Gasteiger partial charge on any atom is -0.378 e. The first-order valence-electron chi connectivity index (χ1n) is 5.19. The lowest BCUT2D eigenvalue weighted by Crippen LogP contribution is -2.33. The fraction of sp³-hybridized carbons (Fsp3) is 0.545. The number of hydrogen-bond acceptors (Lipinski definition) is 3. The average Bonchev–Trinajstić information content (AvgIpc) is 2.16. The summed E-state index contributed by atoms with van der Waals surface area (Å²) >= 11 is 0. The highest BCUT2D eigenvalue weighted by atomic mass is 16.1. The molecule has 1 aliphatic heterocycles. The number of amides is 1. The van der Waals surface area contributed by atoms with Crippen LogP contribution in [0.2, 0.25) is 0 Å². The van der Waals surface area contributed by atoms with Gasteiger partial charge in [0.05, 0.1) is 13.1 Å². The first-order chi connectivity index (χ1) is 7.08. The number of carbonyl (C=O) groups is 1. The van der Waals surface area contributed by atoms with Crippen LogP contribution in [0.4, 0.5) is 0 Å². The fourth-order valence-corrected chi connectivity index (χ4v) is 1.33. The summed E-state index contributed by atoms with van der Waals surface area (Å²) in [6, 6.07) is 0. The first-order valence-corrected chi connectivity index (χ1v) is 5.19. The maximum Gasteiger partial charge on any atom is 0.236 e. The molecule has 1 rings (SSSR count). The van der Waals surface area contributed by atoms with Gasteiger partial charge in [0.25, 0.3) is 0 Å². The monoisotopic (exact) mass is 211 g/mol. The second kappa shape index (κ2) is 6.92. The Kier molecular flexibility index (Phi) is 6.25. The molecule has 0 aliphatic carbocycles. The van der Waals surface area contributed by atoms with E-state index in [-0.39, 0.29) is 12.5 Å². The summed E-state index contributed by atoms with van der Waals surface area (Å²) in [5, 5.41) is 2.99. The van der Waals surface area contributed by atoms with E-state index >= 15 is 0 Å². The lowest BCUT2D eigenvalue weighted by Gasteiger charge is -2.22. The normalized spacial score (nSPS) is 14.5. The van der Waals surface area contributed by atoms with E-state index in [1.807, 2.05) is 33.9 Å². The molecule has 0 saturated heterocycles. The van der Waals surface area contributed by atoms with Crippen LogP contribution in [0.1, 0.15) is 20.8 Å². The minimum absolute atomic E-state index is 0.201. The van der Waals surface area contributed by atoms with Crippen molar-refractivity contribution >= 4 is 5.91 Å². The van der Waals surface area contributed by atoms with E-state index < -0.39 is 0 Å². The van der Waals surface area contributed by atoms with Gasteiger partial charge < -0.3 is 16.0 Å². The van der Waals surface area contributed by atoms with Crippen molar-refractivity contribution in [3.8, 4) is 0 Å². The summed E-state index contributed by atoms with van der Waals surface area (Å²) in [6.45, 7) is 7.01. The number of nitrogens with zero attached hydrogens (tertiary/aromatic N) is 1. The molecule has 1 aliphatic rings. The Morgan fingerprint density at radius 2 is 2.20 bits per heavy atom. The number of likely N-dealkylation sites (N-methyl/N-ethyl adjacent to an activating group) is 1. The van der Waals surface area contributed by atoms with Crippen molar-refractivity contribution in [3.63, 3.8) is 0 Å². The molecule has 1 amide bonds. The van der Waals surface area contributed by atoms with E-state index in [9.17, 15) is 4.79 Å². The van der Waals surface area contributed by atoms with Crippen LogP contribution in [-0.4, -0.2) is 30.9 Å². The van der Waals surface area contributed by atoms with Crippen molar-refractivity contribution in [3.05, 3.63) is 23.5 Å². The molecular weight excluding hydrogens is 190 g/mol. The molecule has 15 heavy (non-hydrogen) atoms. The van der Waals surface area contributed by atoms with Gasteiger partial charge in [-0.15, -0.1) is 0 Å². The second-order valence-electron chi connectivity index (χ2n) is 3.28. The number of carbonyl (C=O) groups excluding carboxylic acids is 1. The van der Waals surface area contributed by atoms with Gasteiger partial charge in [0.1, 0.15) is 0 Å². The third kappa shape index (κ3) is 5.78. The third-order valence-electron chi connectivity index (χ3n) is 1.74. The predicted molar refractivity (Wildman–Crippen MR) is 63.0 cm³/mol. The van der Waals surface area contributed by atoms with Crippen molar-refractivity contribution in [2.75, 3.05) is 20.1 Å². The van der Waals surface area contributed by atoms with Crippen molar-refractivity contribution in [1.82, 2.24) is 10.2 Å². The maximum absolute atomic E-state index is 10.5.